The van der Waals surface area contributed by atoms with Crippen LogP contribution in [-0.4, -0.2) is 40.1 Å². The van der Waals surface area contributed by atoms with Gasteiger partial charge in [0.2, 0.25) is 0 Å². The lowest BCUT2D eigenvalue weighted by Gasteiger charge is -2.26. The van der Waals surface area contributed by atoms with Gasteiger partial charge in [0.25, 0.3) is 0 Å². The smallest absolute Gasteiger partial charge is 0.167 e. The van der Waals surface area contributed by atoms with Crippen LogP contribution in [-0.2, 0) is 11.8 Å². The van der Waals surface area contributed by atoms with Gasteiger partial charge in [0.15, 0.2) is 11.6 Å². The number of hydrogen-bond donors (Lipinski definition) is 2. The average Bonchev–Trinajstić information content (AvgIpc) is 3.41. The summed E-state index contributed by atoms with van der Waals surface area (Å²) in [6, 6.07) is 12.9. The first-order valence-electron chi connectivity index (χ1n) is 9.61. The van der Waals surface area contributed by atoms with E-state index in [1.165, 1.54) is 0 Å². The molecule has 4 rings (SSSR count). The number of nitrogens with zero attached hydrogens (tertiary/aromatic N) is 1. The van der Waals surface area contributed by atoms with Crippen molar-refractivity contribution >= 4 is 11.6 Å². The number of nitrogens with one attached hydrogen (secondary N) is 1. The van der Waals surface area contributed by atoms with E-state index in [1.807, 2.05) is 30.3 Å². The number of aliphatic hydroxyl groups is 1. The molecule has 0 fully saturated rings. The molecule has 0 radical (unpaired) electrons. The SMILES string of the molecule is CCC(=O)c1cc(C(=O)Cc2cn[nH]c2)cc2c1OCC2(CO)c1ccccc1. The second-order valence-corrected chi connectivity index (χ2v) is 7.28. The zero-order valence-corrected chi connectivity index (χ0v) is 16.1. The first-order valence-corrected chi connectivity index (χ1v) is 9.61. The Morgan fingerprint density at radius 3 is 2.66 bits per heavy atom. The van der Waals surface area contributed by atoms with Crippen LogP contribution in [0.1, 0.15) is 50.8 Å². The third kappa shape index (κ3) is 3.25. The fraction of sp³-hybridized carbons (Fsp3) is 0.261. The first-order chi connectivity index (χ1) is 14.1. The van der Waals surface area contributed by atoms with E-state index in [0.29, 0.717) is 28.9 Å². The van der Waals surface area contributed by atoms with Crippen LogP contribution < -0.4 is 4.74 Å². The van der Waals surface area contributed by atoms with Gasteiger partial charge in [0.1, 0.15) is 12.4 Å². The van der Waals surface area contributed by atoms with Gasteiger partial charge >= 0.3 is 0 Å². The lowest BCUT2D eigenvalue weighted by atomic mass is 9.75. The van der Waals surface area contributed by atoms with E-state index in [-0.39, 0.29) is 31.2 Å². The van der Waals surface area contributed by atoms with Gasteiger partial charge in [-0.25, -0.2) is 0 Å². The summed E-state index contributed by atoms with van der Waals surface area (Å²) in [5, 5.41) is 17.0. The van der Waals surface area contributed by atoms with Crippen LogP contribution in [0.15, 0.2) is 54.9 Å². The fourth-order valence-electron chi connectivity index (χ4n) is 3.85. The Morgan fingerprint density at radius 2 is 2.00 bits per heavy atom. The molecule has 0 aliphatic carbocycles. The van der Waals surface area contributed by atoms with Gasteiger partial charge in [-0.05, 0) is 23.3 Å². The van der Waals surface area contributed by atoms with E-state index in [1.54, 1.807) is 31.5 Å². The minimum absolute atomic E-state index is 0.0963. The molecule has 29 heavy (non-hydrogen) atoms. The number of ether oxygens (including phenoxy) is 1. The highest BCUT2D eigenvalue weighted by Gasteiger charge is 2.44. The van der Waals surface area contributed by atoms with Gasteiger partial charge in [-0.1, -0.05) is 37.3 Å². The summed E-state index contributed by atoms with van der Waals surface area (Å²) in [7, 11) is 0. The van der Waals surface area contributed by atoms with E-state index < -0.39 is 5.41 Å². The number of Topliss-reactive ketones (excluding diaryl/α,β-unsaturated/α-hetero) is 2. The Labute approximate surface area is 168 Å². The number of benzene rings is 2. The van der Waals surface area contributed by atoms with E-state index >= 15 is 0 Å². The van der Waals surface area contributed by atoms with Crippen molar-refractivity contribution in [2.45, 2.75) is 25.2 Å². The molecule has 1 aromatic heterocycles. The molecule has 1 atom stereocenters. The van der Waals surface area contributed by atoms with Gasteiger partial charge in [0, 0.05) is 30.2 Å². The average molecular weight is 390 g/mol. The molecule has 0 spiro atoms. The van der Waals surface area contributed by atoms with E-state index in [2.05, 4.69) is 10.2 Å². The molecule has 1 aliphatic rings. The Hall–Kier alpha value is -3.25. The molecular weight excluding hydrogens is 368 g/mol. The van der Waals surface area contributed by atoms with Crippen LogP contribution in [0.25, 0.3) is 0 Å². The molecule has 3 aromatic rings. The van der Waals surface area contributed by atoms with Crippen molar-refractivity contribution in [1.29, 1.82) is 0 Å². The van der Waals surface area contributed by atoms with Crippen LogP contribution in [0.3, 0.4) is 0 Å². The predicted molar refractivity (Wildman–Crippen MR) is 107 cm³/mol. The molecule has 1 aliphatic heterocycles. The van der Waals surface area contributed by atoms with Gasteiger partial charge < -0.3 is 9.84 Å². The third-order valence-electron chi connectivity index (χ3n) is 5.53. The molecule has 2 heterocycles. The summed E-state index contributed by atoms with van der Waals surface area (Å²) in [6.45, 7) is 1.80. The number of ketones is 2. The third-order valence-corrected chi connectivity index (χ3v) is 5.53. The number of carbonyl (C=O) groups excluding carboxylic acids is 2. The summed E-state index contributed by atoms with van der Waals surface area (Å²) in [5.74, 6) is 0.252. The highest BCUT2D eigenvalue weighted by atomic mass is 16.5. The Morgan fingerprint density at radius 1 is 1.21 bits per heavy atom. The van der Waals surface area contributed by atoms with Crippen molar-refractivity contribution in [3.63, 3.8) is 0 Å². The molecule has 0 saturated carbocycles. The molecule has 6 nitrogen and oxygen atoms in total. The lowest BCUT2D eigenvalue weighted by molar-refractivity contribution is 0.0984. The highest BCUT2D eigenvalue weighted by Crippen LogP contribution is 2.46. The molecular formula is C23H22N2O4. The van der Waals surface area contributed by atoms with Crippen molar-refractivity contribution in [3.8, 4) is 5.75 Å². The second-order valence-electron chi connectivity index (χ2n) is 7.28. The number of rotatable bonds is 7. The fourth-order valence-corrected chi connectivity index (χ4v) is 3.85. The van der Waals surface area contributed by atoms with Gasteiger partial charge in [-0.15, -0.1) is 0 Å². The zero-order chi connectivity index (χ0) is 20.4. The molecule has 2 aromatic carbocycles. The quantitative estimate of drug-likeness (QED) is 0.605. The number of aliphatic hydroxyl groups excluding tert-OH is 1. The Balaban J connectivity index is 1.86. The summed E-state index contributed by atoms with van der Waals surface area (Å²) in [6.07, 6.45) is 3.75. The maximum Gasteiger partial charge on any atom is 0.167 e. The van der Waals surface area contributed by atoms with Crippen LogP contribution in [0.5, 0.6) is 5.75 Å². The highest BCUT2D eigenvalue weighted by molar-refractivity contribution is 6.04. The monoisotopic (exact) mass is 390 g/mol. The molecule has 148 valence electrons. The van der Waals surface area contributed by atoms with Crippen LogP contribution in [0.4, 0.5) is 0 Å². The summed E-state index contributed by atoms with van der Waals surface area (Å²) in [5.41, 5.74) is 2.35. The number of H-pyrrole nitrogens is 1. The van der Waals surface area contributed by atoms with E-state index in [9.17, 15) is 14.7 Å². The molecule has 0 amide bonds. The van der Waals surface area contributed by atoms with Crippen molar-refractivity contribution < 1.29 is 19.4 Å². The number of hydrogen-bond acceptors (Lipinski definition) is 5. The van der Waals surface area contributed by atoms with Crippen molar-refractivity contribution in [1.82, 2.24) is 10.2 Å². The van der Waals surface area contributed by atoms with Crippen molar-refractivity contribution in [2.24, 2.45) is 0 Å². The van der Waals surface area contributed by atoms with Crippen LogP contribution in [0.2, 0.25) is 0 Å². The normalized spacial score (nSPS) is 17.6. The standard InChI is InChI=1S/C23H22N2O4/c1-2-20(27)18-9-16(21(28)8-15-11-24-25-12-15)10-19-22(18)29-14-23(19,13-26)17-6-4-3-5-7-17/h3-7,9-12,26H,2,8,13-14H2,1H3,(H,24,25). The van der Waals surface area contributed by atoms with Gasteiger partial charge in [0.05, 0.1) is 23.8 Å². The number of fused-ring (bicyclic) bond motifs is 1. The number of carbonyl (C=O) groups is 2. The minimum Gasteiger partial charge on any atom is -0.491 e. The minimum atomic E-state index is -0.814. The maximum absolute atomic E-state index is 13.0. The topological polar surface area (TPSA) is 92.3 Å². The zero-order valence-electron chi connectivity index (χ0n) is 16.1. The Kier molecular flexibility index (Phi) is 5.03. The summed E-state index contributed by atoms with van der Waals surface area (Å²) < 4.78 is 5.95. The largest absolute Gasteiger partial charge is 0.491 e. The predicted octanol–water partition coefficient (Wildman–Crippen LogP) is 3.10. The number of aromatic amines is 1. The van der Waals surface area contributed by atoms with E-state index in [0.717, 1.165) is 11.1 Å². The molecule has 2 N–H and O–H groups in total. The first kappa shape index (κ1) is 19.1. The second kappa shape index (κ2) is 7.64. The van der Waals surface area contributed by atoms with Gasteiger partial charge in [-0.3, -0.25) is 14.7 Å². The molecule has 1 unspecified atom stereocenters. The molecule has 6 heteroatoms. The molecule has 0 saturated heterocycles. The number of aromatic nitrogens is 2. The summed E-state index contributed by atoms with van der Waals surface area (Å²) in [4.78, 5) is 25.6. The van der Waals surface area contributed by atoms with Crippen molar-refractivity contribution in [3.05, 3.63) is 82.7 Å². The van der Waals surface area contributed by atoms with Gasteiger partial charge in [-0.2, -0.15) is 5.10 Å². The van der Waals surface area contributed by atoms with E-state index in [4.69, 9.17) is 4.74 Å². The van der Waals surface area contributed by atoms with Crippen molar-refractivity contribution in [2.75, 3.05) is 13.2 Å². The summed E-state index contributed by atoms with van der Waals surface area (Å²) >= 11 is 0. The maximum atomic E-state index is 13.0. The van der Waals surface area contributed by atoms with Crippen LogP contribution >= 0.6 is 0 Å². The molecule has 0 bridgehead atoms. The Bertz CT molecular complexity index is 1040. The van der Waals surface area contributed by atoms with Crippen LogP contribution in [0, 0.1) is 0 Å². The lowest BCUT2D eigenvalue weighted by Crippen LogP contribution is -2.33.